The molecule has 6 nitrogen and oxygen atoms in total. The molecule has 19 heavy (non-hydrogen) atoms. The Hall–Kier alpha value is -1.14. The van der Waals surface area contributed by atoms with Gasteiger partial charge in [0.2, 0.25) is 0 Å². The Morgan fingerprint density at radius 1 is 1.37 bits per heavy atom. The molecular weight excluding hydrogens is 246 g/mol. The highest BCUT2D eigenvalue weighted by Crippen LogP contribution is 2.29. The molecule has 0 saturated carbocycles. The molecule has 6 heteroatoms. The number of imide groups is 1. The van der Waals surface area contributed by atoms with E-state index in [9.17, 15) is 9.59 Å². The van der Waals surface area contributed by atoms with Gasteiger partial charge in [-0.3, -0.25) is 9.69 Å². The van der Waals surface area contributed by atoms with Crippen LogP contribution in [0.15, 0.2) is 0 Å². The first-order valence-corrected chi connectivity index (χ1v) is 6.82. The minimum absolute atomic E-state index is 0.0635. The summed E-state index contributed by atoms with van der Waals surface area (Å²) in [5.41, 5.74) is 4.89. The van der Waals surface area contributed by atoms with E-state index in [1.807, 2.05) is 13.8 Å². The van der Waals surface area contributed by atoms with Crippen LogP contribution in [0.25, 0.3) is 0 Å². The molecule has 3 N–H and O–H groups in total. The quantitative estimate of drug-likeness (QED) is 0.726. The summed E-state index contributed by atoms with van der Waals surface area (Å²) in [4.78, 5) is 25.8. The second kappa shape index (κ2) is 5.09. The van der Waals surface area contributed by atoms with Gasteiger partial charge in [0.05, 0.1) is 0 Å². The topological polar surface area (TPSA) is 84.7 Å². The minimum atomic E-state index is -0.720. The number of nitrogens with one attached hydrogen (secondary N) is 1. The van der Waals surface area contributed by atoms with Crippen molar-refractivity contribution in [3.8, 4) is 0 Å². The van der Waals surface area contributed by atoms with Crippen molar-refractivity contribution in [2.24, 2.45) is 11.1 Å². The van der Waals surface area contributed by atoms with E-state index in [4.69, 9.17) is 10.5 Å². The van der Waals surface area contributed by atoms with Gasteiger partial charge < -0.3 is 15.8 Å². The fraction of sp³-hybridized carbons (Fsp3) is 0.846. The fourth-order valence-electron chi connectivity index (χ4n) is 2.45. The molecule has 0 aromatic rings. The average molecular weight is 269 g/mol. The minimum Gasteiger partial charge on any atom is -0.381 e. The van der Waals surface area contributed by atoms with Crippen LogP contribution in [0.5, 0.6) is 0 Å². The Balaban J connectivity index is 2.02. The highest BCUT2D eigenvalue weighted by Gasteiger charge is 2.51. The van der Waals surface area contributed by atoms with Crippen LogP contribution < -0.4 is 11.1 Å². The van der Waals surface area contributed by atoms with E-state index in [0.717, 1.165) is 6.42 Å². The van der Waals surface area contributed by atoms with E-state index in [2.05, 4.69) is 5.32 Å². The van der Waals surface area contributed by atoms with Gasteiger partial charge in [0.25, 0.3) is 5.91 Å². The molecule has 2 aliphatic rings. The van der Waals surface area contributed by atoms with E-state index in [1.54, 1.807) is 0 Å². The summed E-state index contributed by atoms with van der Waals surface area (Å²) in [6.07, 6.45) is 1.85. The molecular formula is C13H23N3O3. The molecule has 2 saturated heterocycles. The first-order valence-electron chi connectivity index (χ1n) is 6.82. The van der Waals surface area contributed by atoms with Crippen molar-refractivity contribution in [1.82, 2.24) is 10.2 Å². The molecule has 2 heterocycles. The normalized spacial score (nSPS) is 23.0. The lowest BCUT2D eigenvalue weighted by Crippen LogP contribution is -2.51. The molecule has 0 unspecified atom stereocenters. The smallest absolute Gasteiger partial charge is 0.325 e. The van der Waals surface area contributed by atoms with Crippen molar-refractivity contribution in [2.75, 3.05) is 26.3 Å². The fourth-order valence-corrected chi connectivity index (χ4v) is 2.45. The molecule has 0 aliphatic carbocycles. The molecule has 3 amide bonds. The summed E-state index contributed by atoms with van der Waals surface area (Å²) in [7, 11) is 0. The Morgan fingerprint density at radius 3 is 2.58 bits per heavy atom. The number of rotatable bonds is 4. The van der Waals surface area contributed by atoms with Crippen LogP contribution in [-0.2, 0) is 9.53 Å². The Kier molecular flexibility index (Phi) is 3.82. The second-order valence-corrected chi connectivity index (χ2v) is 6.20. The zero-order valence-corrected chi connectivity index (χ0v) is 11.7. The van der Waals surface area contributed by atoms with Crippen LogP contribution in [-0.4, -0.2) is 48.7 Å². The summed E-state index contributed by atoms with van der Waals surface area (Å²) < 4.78 is 5.27. The van der Waals surface area contributed by atoms with E-state index in [-0.39, 0.29) is 17.4 Å². The van der Waals surface area contributed by atoms with Crippen molar-refractivity contribution in [2.45, 2.75) is 38.6 Å². The van der Waals surface area contributed by atoms with Crippen LogP contribution in [0.4, 0.5) is 4.79 Å². The maximum absolute atomic E-state index is 12.5. The van der Waals surface area contributed by atoms with Gasteiger partial charge in [0, 0.05) is 32.6 Å². The van der Waals surface area contributed by atoms with Gasteiger partial charge in [-0.15, -0.1) is 0 Å². The molecule has 0 aromatic carbocycles. The lowest BCUT2D eigenvalue weighted by atomic mass is 9.88. The Bertz CT molecular complexity index is 375. The zero-order valence-electron chi connectivity index (χ0n) is 11.7. The van der Waals surface area contributed by atoms with Crippen LogP contribution in [0, 0.1) is 5.41 Å². The number of hydrogen-bond donors (Lipinski definition) is 2. The summed E-state index contributed by atoms with van der Waals surface area (Å²) in [5.74, 6) is -0.103. The van der Waals surface area contributed by atoms with Crippen molar-refractivity contribution in [3.63, 3.8) is 0 Å². The predicted molar refractivity (Wildman–Crippen MR) is 70.5 cm³/mol. The molecule has 2 rings (SSSR count). The predicted octanol–water partition coefficient (Wildman–Crippen LogP) is 0.462. The first kappa shape index (κ1) is 14.3. The Morgan fingerprint density at radius 2 is 2.00 bits per heavy atom. The summed E-state index contributed by atoms with van der Waals surface area (Å²) >= 11 is 0. The van der Waals surface area contributed by atoms with Crippen LogP contribution in [0.1, 0.15) is 33.1 Å². The highest BCUT2D eigenvalue weighted by atomic mass is 16.5. The lowest BCUT2D eigenvalue weighted by Gasteiger charge is -2.31. The number of urea groups is 1. The Labute approximate surface area is 113 Å². The van der Waals surface area contributed by atoms with Gasteiger partial charge in [-0.25, -0.2) is 4.79 Å². The molecule has 0 bridgehead atoms. The maximum atomic E-state index is 12.5. The van der Waals surface area contributed by atoms with Gasteiger partial charge in [0.15, 0.2) is 0 Å². The van der Waals surface area contributed by atoms with E-state index >= 15 is 0 Å². The molecule has 108 valence electrons. The third-order valence-corrected chi connectivity index (χ3v) is 4.16. The number of ether oxygens (including phenoxy) is 1. The van der Waals surface area contributed by atoms with Gasteiger partial charge >= 0.3 is 6.03 Å². The molecule has 0 aromatic heterocycles. The number of nitrogens with two attached hydrogens (primary N) is 1. The van der Waals surface area contributed by atoms with E-state index in [0.29, 0.717) is 39.1 Å². The summed E-state index contributed by atoms with van der Waals surface area (Å²) in [6.45, 7) is 6.08. The van der Waals surface area contributed by atoms with Gasteiger partial charge in [-0.1, -0.05) is 13.8 Å². The van der Waals surface area contributed by atoms with Gasteiger partial charge in [-0.05, 0) is 18.4 Å². The van der Waals surface area contributed by atoms with Gasteiger partial charge in [-0.2, -0.15) is 0 Å². The third-order valence-electron chi connectivity index (χ3n) is 4.16. The largest absolute Gasteiger partial charge is 0.381 e. The van der Waals surface area contributed by atoms with E-state index in [1.165, 1.54) is 4.90 Å². The molecule has 2 aliphatic heterocycles. The molecule has 1 spiro atoms. The van der Waals surface area contributed by atoms with Gasteiger partial charge in [0.1, 0.15) is 5.54 Å². The number of carbonyl (C=O) groups is 2. The summed E-state index contributed by atoms with van der Waals surface area (Å²) in [5, 5.41) is 2.85. The number of carbonyl (C=O) groups excluding carboxylic acids is 2. The number of nitrogens with zero attached hydrogens (tertiary/aromatic N) is 1. The molecule has 0 atom stereocenters. The second-order valence-electron chi connectivity index (χ2n) is 6.20. The number of amides is 3. The lowest BCUT2D eigenvalue weighted by molar-refractivity contribution is -0.134. The highest BCUT2D eigenvalue weighted by molar-refractivity contribution is 6.07. The van der Waals surface area contributed by atoms with Crippen molar-refractivity contribution in [3.05, 3.63) is 0 Å². The van der Waals surface area contributed by atoms with Crippen molar-refractivity contribution < 1.29 is 14.3 Å². The van der Waals surface area contributed by atoms with Crippen LogP contribution in [0.2, 0.25) is 0 Å². The van der Waals surface area contributed by atoms with Crippen molar-refractivity contribution in [1.29, 1.82) is 0 Å². The molecule has 2 fully saturated rings. The summed E-state index contributed by atoms with van der Waals surface area (Å²) in [6, 6.07) is -0.278. The third kappa shape index (κ3) is 2.74. The molecule has 0 radical (unpaired) electrons. The number of hydrogen-bond acceptors (Lipinski definition) is 4. The monoisotopic (exact) mass is 269 g/mol. The zero-order chi connectivity index (χ0) is 14.1. The van der Waals surface area contributed by atoms with Crippen LogP contribution >= 0.6 is 0 Å². The van der Waals surface area contributed by atoms with E-state index < -0.39 is 5.54 Å². The first-order chi connectivity index (χ1) is 8.90. The standard InChI is InChI=1S/C13H23N3O3/c1-12(2,9-14)3-6-16-10(17)13(15-11(16)18)4-7-19-8-5-13/h3-9,14H2,1-2H3,(H,15,18). The van der Waals surface area contributed by atoms with Crippen LogP contribution in [0.3, 0.4) is 0 Å². The SMILES string of the molecule is CC(C)(CN)CCN1C(=O)NC2(CCOCC2)C1=O. The average Bonchev–Trinajstić information content (AvgIpc) is 2.60. The maximum Gasteiger partial charge on any atom is 0.325 e. The van der Waals surface area contributed by atoms with Crippen molar-refractivity contribution >= 4 is 11.9 Å².